The molecule has 0 aliphatic heterocycles. The van der Waals surface area contributed by atoms with Gasteiger partial charge in [0.15, 0.2) is 5.65 Å². The average Bonchev–Trinajstić information content (AvgIpc) is 3.09. The molecule has 0 bridgehead atoms. The number of nitrogens with one attached hydrogen (secondary N) is 1. The van der Waals surface area contributed by atoms with Gasteiger partial charge in [-0.25, -0.2) is 0 Å². The molecule has 0 unspecified atom stereocenters. The zero-order chi connectivity index (χ0) is 13.8. The highest BCUT2D eigenvalue weighted by atomic mass is 32.1. The summed E-state index contributed by atoms with van der Waals surface area (Å²) in [5.41, 5.74) is 1.88. The molecule has 0 aromatic carbocycles. The Morgan fingerprint density at radius 3 is 3.10 bits per heavy atom. The van der Waals surface area contributed by atoms with Gasteiger partial charge < -0.3 is 5.32 Å². The van der Waals surface area contributed by atoms with Crippen LogP contribution in [0.5, 0.6) is 0 Å². The molecule has 0 saturated heterocycles. The summed E-state index contributed by atoms with van der Waals surface area (Å²) >= 11 is 1.60. The summed E-state index contributed by atoms with van der Waals surface area (Å²) < 4.78 is 1.94. The van der Waals surface area contributed by atoms with E-state index in [0.29, 0.717) is 19.4 Å². The van der Waals surface area contributed by atoms with Gasteiger partial charge in [-0.15, -0.1) is 10.2 Å². The highest BCUT2D eigenvalue weighted by Gasteiger charge is 2.06. The predicted octanol–water partition coefficient (Wildman–Crippen LogP) is 1.69. The summed E-state index contributed by atoms with van der Waals surface area (Å²) in [7, 11) is 0. The summed E-state index contributed by atoms with van der Waals surface area (Å²) in [5.74, 6) is 0.897. The van der Waals surface area contributed by atoms with Gasteiger partial charge in [0.1, 0.15) is 5.82 Å². The van der Waals surface area contributed by atoms with Crippen LogP contribution in [0, 0.1) is 0 Å². The molecule has 0 atom stereocenters. The Kier molecular flexibility index (Phi) is 3.73. The Bertz CT molecular complexity index is 705. The van der Waals surface area contributed by atoms with E-state index in [-0.39, 0.29) is 5.91 Å². The predicted molar refractivity (Wildman–Crippen MR) is 77.7 cm³/mol. The molecule has 102 valence electrons. The number of pyridine rings is 1. The number of thiophene rings is 1. The molecule has 3 aromatic rings. The van der Waals surface area contributed by atoms with Gasteiger partial charge in [-0.1, -0.05) is 6.07 Å². The van der Waals surface area contributed by atoms with Crippen LogP contribution in [0.2, 0.25) is 0 Å². The maximum Gasteiger partial charge on any atom is 0.224 e. The molecule has 0 fully saturated rings. The van der Waals surface area contributed by atoms with Crippen molar-refractivity contribution in [2.45, 2.75) is 12.8 Å². The number of rotatable bonds is 5. The largest absolute Gasteiger partial charge is 0.355 e. The summed E-state index contributed by atoms with van der Waals surface area (Å²) in [4.78, 5) is 11.8. The minimum absolute atomic E-state index is 0.0391. The topological polar surface area (TPSA) is 59.3 Å². The molecule has 3 rings (SSSR count). The van der Waals surface area contributed by atoms with Gasteiger partial charge in [0, 0.05) is 19.2 Å². The van der Waals surface area contributed by atoms with E-state index in [0.717, 1.165) is 17.0 Å². The Morgan fingerprint density at radius 1 is 1.30 bits per heavy atom. The van der Waals surface area contributed by atoms with Gasteiger partial charge >= 0.3 is 0 Å². The Balaban J connectivity index is 1.53. The van der Waals surface area contributed by atoms with Crippen molar-refractivity contribution >= 4 is 22.9 Å². The van der Waals surface area contributed by atoms with Crippen molar-refractivity contribution in [2.24, 2.45) is 0 Å². The highest BCUT2D eigenvalue weighted by Crippen LogP contribution is 2.06. The maximum absolute atomic E-state index is 11.8. The molecule has 20 heavy (non-hydrogen) atoms. The van der Waals surface area contributed by atoms with Crippen LogP contribution in [0.15, 0.2) is 41.2 Å². The third-order valence-corrected chi connectivity index (χ3v) is 3.73. The first-order valence-corrected chi connectivity index (χ1v) is 7.33. The quantitative estimate of drug-likeness (QED) is 0.776. The molecule has 1 N–H and O–H groups in total. The molecular formula is C14H14N4OS. The number of amides is 1. The van der Waals surface area contributed by atoms with Crippen LogP contribution in [0.3, 0.4) is 0 Å². The summed E-state index contributed by atoms with van der Waals surface area (Å²) in [6.45, 7) is 0.568. The van der Waals surface area contributed by atoms with Crippen LogP contribution in [-0.2, 0) is 17.6 Å². The lowest BCUT2D eigenvalue weighted by molar-refractivity contribution is -0.120. The van der Waals surface area contributed by atoms with Gasteiger partial charge in [0.2, 0.25) is 5.91 Å². The van der Waals surface area contributed by atoms with Gasteiger partial charge in [0.25, 0.3) is 0 Å². The molecule has 3 heterocycles. The van der Waals surface area contributed by atoms with Gasteiger partial charge in [0.05, 0.1) is 6.42 Å². The lowest BCUT2D eigenvalue weighted by Gasteiger charge is -2.03. The smallest absolute Gasteiger partial charge is 0.224 e. The van der Waals surface area contributed by atoms with Crippen molar-refractivity contribution < 1.29 is 4.79 Å². The second-order valence-corrected chi connectivity index (χ2v) is 5.23. The minimum atomic E-state index is 0.0391. The molecule has 3 aromatic heterocycles. The minimum Gasteiger partial charge on any atom is -0.355 e. The molecule has 1 amide bonds. The van der Waals surface area contributed by atoms with Crippen molar-refractivity contribution in [2.75, 3.05) is 6.54 Å². The van der Waals surface area contributed by atoms with Crippen molar-refractivity contribution in [3.05, 3.63) is 52.6 Å². The number of carbonyl (C=O) groups is 1. The number of hydrogen-bond donors (Lipinski definition) is 1. The molecule has 0 aliphatic carbocycles. The third kappa shape index (κ3) is 2.85. The molecule has 0 aliphatic rings. The first kappa shape index (κ1) is 12.8. The Morgan fingerprint density at radius 2 is 2.25 bits per heavy atom. The fraction of sp³-hybridized carbons (Fsp3) is 0.214. The normalized spacial score (nSPS) is 10.8. The average molecular weight is 286 g/mol. The molecule has 0 saturated carbocycles. The van der Waals surface area contributed by atoms with E-state index in [1.165, 1.54) is 0 Å². The van der Waals surface area contributed by atoms with Gasteiger partial charge in [-0.05, 0) is 34.5 Å². The van der Waals surface area contributed by atoms with Crippen LogP contribution in [0.1, 0.15) is 11.4 Å². The summed E-state index contributed by atoms with van der Waals surface area (Å²) in [6, 6.07) is 7.74. The zero-order valence-electron chi connectivity index (χ0n) is 10.8. The fourth-order valence-electron chi connectivity index (χ4n) is 2.02. The molecule has 0 spiro atoms. The van der Waals surface area contributed by atoms with Crippen LogP contribution in [0.25, 0.3) is 5.65 Å². The second kappa shape index (κ2) is 5.83. The van der Waals surface area contributed by atoms with E-state index >= 15 is 0 Å². The SMILES string of the molecule is O=C(Cc1ccsc1)NCCc1nnc2ccccn12. The Hall–Kier alpha value is -2.21. The number of nitrogens with zero attached hydrogens (tertiary/aromatic N) is 3. The van der Waals surface area contributed by atoms with Crippen molar-refractivity contribution in [1.29, 1.82) is 0 Å². The molecule has 0 radical (unpaired) electrons. The first-order chi connectivity index (χ1) is 9.83. The van der Waals surface area contributed by atoms with E-state index in [1.807, 2.05) is 45.6 Å². The number of hydrogen-bond acceptors (Lipinski definition) is 4. The lowest BCUT2D eigenvalue weighted by atomic mass is 10.2. The number of aromatic nitrogens is 3. The first-order valence-electron chi connectivity index (χ1n) is 6.39. The van der Waals surface area contributed by atoms with Crippen LogP contribution >= 0.6 is 11.3 Å². The van der Waals surface area contributed by atoms with E-state index in [2.05, 4.69) is 15.5 Å². The summed E-state index contributed by atoms with van der Waals surface area (Å²) in [5, 5.41) is 15.1. The van der Waals surface area contributed by atoms with Crippen molar-refractivity contribution in [3.8, 4) is 0 Å². The van der Waals surface area contributed by atoms with E-state index in [4.69, 9.17) is 0 Å². The summed E-state index contributed by atoms with van der Waals surface area (Å²) in [6.07, 6.45) is 3.03. The second-order valence-electron chi connectivity index (χ2n) is 4.45. The van der Waals surface area contributed by atoms with E-state index < -0.39 is 0 Å². The molecule has 5 nitrogen and oxygen atoms in total. The monoisotopic (exact) mass is 286 g/mol. The lowest BCUT2D eigenvalue weighted by Crippen LogP contribution is -2.27. The van der Waals surface area contributed by atoms with Crippen LogP contribution in [-0.4, -0.2) is 27.0 Å². The molecule has 6 heteroatoms. The highest BCUT2D eigenvalue weighted by molar-refractivity contribution is 7.07. The number of fused-ring (bicyclic) bond motifs is 1. The van der Waals surface area contributed by atoms with E-state index in [9.17, 15) is 4.79 Å². The van der Waals surface area contributed by atoms with Crippen molar-refractivity contribution in [1.82, 2.24) is 19.9 Å². The standard InChI is InChI=1S/C14H14N4OS/c19-14(9-11-5-8-20-10-11)15-6-4-13-17-16-12-3-1-2-7-18(12)13/h1-3,5,7-8,10H,4,6,9H2,(H,15,19). The van der Waals surface area contributed by atoms with Crippen LogP contribution in [0.4, 0.5) is 0 Å². The third-order valence-electron chi connectivity index (χ3n) is 3.00. The Labute approximate surface area is 120 Å². The zero-order valence-corrected chi connectivity index (χ0v) is 11.6. The van der Waals surface area contributed by atoms with Gasteiger partial charge in [-0.3, -0.25) is 9.20 Å². The fourth-order valence-corrected chi connectivity index (χ4v) is 2.68. The van der Waals surface area contributed by atoms with E-state index in [1.54, 1.807) is 11.3 Å². The van der Waals surface area contributed by atoms with Gasteiger partial charge in [-0.2, -0.15) is 11.3 Å². The van der Waals surface area contributed by atoms with Crippen molar-refractivity contribution in [3.63, 3.8) is 0 Å². The number of carbonyl (C=O) groups excluding carboxylic acids is 1. The maximum atomic E-state index is 11.8. The molecular weight excluding hydrogens is 272 g/mol. The van der Waals surface area contributed by atoms with Crippen LogP contribution < -0.4 is 5.32 Å².